The molecule has 1 aromatic heterocycles. The van der Waals surface area contributed by atoms with E-state index in [1.54, 1.807) is 7.11 Å². The Kier molecular flexibility index (Phi) is 4.09. The second-order valence-corrected chi connectivity index (χ2v) is 5.02. The van der Waals surface area contributed by atoms with Crippen LogP contribution in [-0.2, 0) is 17.9 Å². The van der Waals surface area contributed by atoms with E-state index in [9.17, 15) is 0 Å². The fraction of sp³-hybridized carbons (Fsp3) is 0.333. The first-order valence-electron chi connectivity index (χ1n) is 5.20. The van der Waals surface area contributed by atoms with Crippen molar-refractivity contribution in [2.45, 2.75) is 13.2 Å². The highest BCUT2D eigenvalue weighted by atomic mass is 79.9. The van der Waals surface area contributed by atoms with E-state index < -0.39 is 0 Å². The van der Waals surface area contributed by atoms with E-state index in [0.717, 1.165) is 26.8 Å². The number of benzene rings is 1. The van der Waals surface area contributed by atoms with Crippen molar-refractivity contribution in [2.75, 3.05) is 14.2 Å². The fourth-order valence-electron chi connectivity index (χ4n) is 1.83. The summed E-state index contributed by atoms with van der Waals surface area (Å²) in [7, 11) is 3.55. The fourth-order valence-corrected chi connectivity index (χ4v) is 2.72. The lowest BCUT2D eigenvalue weighted by Gasteiger charge is -2.01. The van der Waals surface area contributed by atoms with Gasteiger partial charge in [0, 0.05) is 23.1 Å². The van der Waals surface area contributed by atoms with Gasteiger partial charge in [0.15, 0.2) is 0 Å². The van der Waals surface area contributed by atoms with Crippen molar-refractivity contribution in [3.05, 3.63) is 33.0 Å². The number of rotatable bonds is 4. The lowest BCUT2D eigenvalue weighted by atomic mass is 10.1. The Morgan fingerprint density at radius 2 is 2.24 bits per heavy atom. The minimum atomic E-state index is 0.511. The van der Waals surface area contributed by atoms with Gasteiger partial charge < -0.3 is 14.5 Å². The van der Waals surface area contributed by atoms with Crippen LogP contribution in [0.2, 0.25) is 5.02 Å². The molecule has 0 saturated heterocycles. The molecule has 0 amide bonds. The molecular formula is C12H13BrClNO2. The van der Waals surface area contributed by atoms with Gasteiger partial charge in [-0.2, -0.15) is 0 Å². The Hall–Kier alpha value is -0.550. The molecular weight excluding hydrogens is 305 g/mol. The van der Waals surface area contributed by atoms with Gasteiger partial charge >= 0.3 is 0 Å². The first kappa shape index (κ1) is 12.9. The second kappa shape index (κ2) is 5.40. The largest absolute Gasteiger partial charge is 0.458 e. The van der Waals surface area contributed by atoms with Crippen LogP contribution in [0, 0.1) is 0 Å². The van der Waals surface area contributed by atoms with Crippen molar-refractivity contribution in [1.29, 1.82) is 0 Å². The molecule has 0 aliphatic carbocycles. The number of fused-ring (bicyclic) bond motifs is 1. The van der Waals surface area contributed by atoms with Gasteiger partial charge in [0.05, 0.1) is 17.6 Å². The average molecular weight is 319 g/mol. The molecule has 0 saturated carbocycles. The van der Waals surface area contributed by atoms with Crippen LogP contribution in [0.25, 0.3) is 11.0 Å². The van der Waals surface area contributed by atoms with Crippen LogP contribution in [0.5, 0.6) is 0 Å². The van der Waals surface area contributed by atoms with Crippen LogP contribution in [-0.4, -0.2) is 14.2 Å². The van der Waals surface area contributed by atoms with Crippen molar-refractivity contribution in [3.63, 3.8) is 0 Å². The monoisotopic (exact) mass is 317 g/mol. The number of nitrogens with one attached hydrogen (secondary N) is 1. The lowest BCUT2D eigenvalue weighted by molar-refractivity contribution is 0.183. The van der Waals surface area contributed by atoms with Crippen LogP contribution in [0.1, 0.15) is 11.3 Å². The summed E-state index contributed by atoms with van der Waals surface area (Å²) >= 11 is 9.51. The molecule has 0 unspecified atom stereocenters. The highest BCUT2D eigenvalue weighted by Gasteiger charge is 2.16. The predicted molar refractivity (Wildman–Crippen MR) is 72.4 cm³/mol. The van der Waals surface area contributed by atoms with Gasteiger partial charge in [-0.05, 0) is 35.1 Å². The second-order valence-electron chi connectivity index (χ2n) is 3.73. The Morgan fingerprint density at radius 3 is 2.88 bits per heavy atom. The molecule has 5 heteroatoms. The normalized spacial score (nSPS) is 11.3. The van der Waals surface area contributed by atoms with Crippen molar-refractivity contribution in [2.24, 2.45) is 0 Å². The number of methoxy groups -OCH3 is 1. The van der Waals surface area contributed by atoms with Gasteiger partial charge in [0.25, 0.3) is 0 Å². The van der Waals surface area contributed by atoms with Crippen LogP contribution >= 0.6 is 27.5 Å². The van der Waals surface area contributed by atoms with E-state index >= 15 is 0 Å². The maximum absolute atomic E-state index is 6.05. The smallest absolute Gasteiger partial charge is 0.149 e. The van der Waals surface area contributed by atoms with Gasteiger partial charge in [-0.1, -0.05) is 11.6 Å². The van der Waals surface area contributed by atoms with Gasteiger partial charge in [0.1, 0.15) is 11.3 Å². The van der Waals surface area contributed by atoms with E-state index in [-0.39, 0.29) is 0 Å². The molecule has 0 atom stereocenters. The SMILES string of the molecule is CNCc1oc2c(Br)cc(Cl)cc2c1COC. The third-order valence-corrected chi connectivity index (χ3v) is 3.33. The molecule has 0 aliphatic heterocycles. The molecule has 2 rings (SSSR count). The molecule has 1 aromatic carbocycles. The van der Waals surface area contributed by atoms with Gasteiger partial charge in [-0.3, -0.25) is 0 Å². The van der Waals surface area contributed by atoms with Crippen molar-refractivity contribution in [1.82, 2.24) is 5.32 Å². The van der Waals surface area contributed by atoms with E-state index in [1.807, 2.05) is 19.2 Å². The van der Waals surface area contributed by atoms with Gasteiger partial charge in [0.2, 0.25) is 0 Å². The standard InChI is InChI=1S/C12H13BrClNO2/c1-15-5-11-9(6-16-2)8-3-7(14)4-10(13)12(8)17-11/h3-4,15H,5-6H2,1-2H3. The molecule has 92 valence electrons. The van der Waals surface area contributed by atoms with Crippen LogP contribution in [0.15, 0.2) is 21.0 Å². The van der Waals surface area contributed by atoms with E-state index in [0.29, 0.717) is 18.2 Å². The Bertz CT molecular complexity index is 539. The zero-order chi connectivity index (χ0) is 12.4. The first-order chi connectivity index (χ1) is 8.17. The summed E-state index contributed by atoms with van der Waals surface area (Å²) in [6, 6.07) is 3.73. The van der Waals surface area contributed by atoms with E-state index in [1.165, 1.54) is 0 Å². The van der Waals surface area contributed by atoms with Crippen molar-refractivity contribution < 1.29 is 9.15 Å². The van der Waals surface area contributed by atoms with Crippen LogP contribution in [0.4, 0.5) is 0 Å². The molecule has 1 N–H and O–H groups in total. The molecule has 0 fully saturated rings. The molecule has 1 heterocycles. The summed E-state index contributed by atoms with van der Waals surface area (Å²) < 4.78 is 11.9. The van der Waals surface area contributed by atoms with Crippen molar-refractivity contribution in [3.8, 4) is 0 Å². The summed E-state index contributed by atoms with van der Waals surface area (Å²) in [6.07, 6.45) is 0. The Morgan fingerprint density at radius 1 is 1.47 bits per heavy atom. The summed E-state index contributed by atoms with van der Waals surface area (Å²) in [6.45, 7) is 1.17. The summed E-state index contributed by atoms with van der Waals surface area (Å²) in [5.41, 5.74) is 1.85. The molecule has 0 spiro atoms. The molecule has 17 heavy (non-hydrogen) atoms. The lowest BCUT2D eigenvalue weighted by Crippen LogP contribution is -2.06. The van der Waals surface area contributed by atoms with Crippen LogP contribution in [0.3, 0.4) is 0 Å². The number of furan rings is 1. The Balaban J connectivity index is 2.66. The predicted octanol–water partition coefficient (Wildman–Crippen LogP) is 3.71. The highest BCUT2D eigenvalue weighted by molar-refractivity contribution is 9.10. The molecule has 3 nitrogen and oxygen atoms in total. The quantitative estimate of drug-likeness (QED) is 0.933. The number of hydrogen-bond donors (Lipinski definition) is 1. The summed E-state index contributed by atoms with van der Waals surface area (Å²) in [4.78, 5) is 0. The number of hydrogen-bond acceptors (Lipinski definition) is 3. The maximum atomic E-state index is 6.05. The minimum absolute atomic E-state index is 0.511. The highest BCUT2D eigenvalue weighted by Crippen LogP contribution is 2.34. The van der Waals surface area contributed by atoms with Gasteiger partial charge in [-0.25, -0.2) is 0 Å². The summed E-state index contributed by atoms with van der Waals surface area (Å²) in [5.74, 6) is 0.882. The van der Waals surface area contributed by atoms with E-state index in [4.69, 9.17) is 20.8 Å². The molecule has 0 bridgehead atoms. The average Bonchev–Trinajstić information content (AvgIpc) is 2.59. The third kappa shape index (κ3) is 2.50. The maximum Gasteiger partial charge on any atom is 0.149 e. The van der Waals surface area contributed by atoms with E-state index in [2.05, 4.69) is 21.2 Å². The zero-order valence-corrected chi connectivity index (χ0v) is 12.0. The van der Waals surface area contributed by atoms with Gasteiger partial charge in [-0.15, -0.1) is 0 Å². The topological polar surface area (TPSA) is 34.4 Å². The molecule has 2 aromatic rings. The first-order valence-corrected chi connectivity index (χ1v) is 6.37. The van der Waals surface area contributed by atoms with Crippen LogP contribution < -0.4 is 5.32 Å². The minimum Gasteiger partial charge on any atom is -0.458 e. The molecule has 0 radical (unpaired) electrons. The number of ether oxygens (including phenoxy) is 1. The third-order valence-electron chi connectivity index (χ3n) is 2.52. The molecule has 0 aliphatic rings. The summed E-state index contributed by atoms with van der Waals surface area (Å²) in [5, 5.41) is 4.76. The Labute approximate surface area is 113 Å². The zero-order valence-electron chi connectivity index (χ0n) is 9.64. The van der Waals surface area contributed by atoms with Crippen molar-refractivity contribution >= 4 is 38.5 Å². The number of halogens is 2.